The van der Waals surface area contributed by atoms with Gasteiger partial charge in [-0.25, -0.2) is 0 Å². The summed E-state index contributed by atoms with van der Waals surface area (Å²) in [7, 11) is 0. The van der Waals surface area contributed by atoms with Crippen LogP contribution in [0.25, 0.3) is 0 Å². The van der Waals surface area contributed by atoms with Gasteiger partial charge in [-0.2, -0.15) is 5.10 Å². The quantitative estimate of drug-likeness (QED) is 0.888. The number of likely N-dealkylation sites (tertiary alicyclic amines) is 1. The molecular weight excluding hydrogens is 282 g/mol. The van der Waals surface area contributed by atoms with Crippen LogP contribution in [-0.2, 0) is 22.6 Å². The molecule has 22 heavy (non-hydrogen) atoms. The van der Waals surface area contributed by atoms with E-state index >= 15 is 0 Å². The molecule has 1 amide bonds. The maximum absolute atomic E-state index is 12.4. The fourth-order valence-electron chi connectivity index (χ4n) is 3.57. The van der Waals surface area contributed by atoms with Gasteiger partial charge >= 0.3 is 5.97 Å². The molecule has 0 radical (unpaired) electrons. The average Bonchev–Trinajstić information content (AvgIpc) is 3.14. The second-order valence-electron chi connectivity index (χ2n) is 6.55. The number of carbonyl (C=O) groups is 2. The monoisotopic (exact) mass is 305 g/mol. The fraction of sp³-hybridized carbons (Fsp3) is 0.688. The van der Waals surface area contributed by atoms with Crippen LogP contribution >= 0.6 is 0 Å². The summed E-state index contributed by atoms with van der Waals surface area (Å²) < 4.78 is 1.93. The Hall–Kier alpha value is -1.85. The summed E-state index contributed by atoms with van der Waals surface area (Å²) in [6, 6.07) is 0. The van der Waals surface area contributed by atoms with Crippen LogP contribution in [0.3, 0.4) is 0 Å². The molecule has 2 atom stereocenters. The number of carbonyl (C=O) groups excluding carboxylic acids is 1. The van der Waals surface area contributed by atoms with Crippen molar-refractivity contribution < 1.29 is 14.7 Å². The average molecular weight is 305 g/mol. The predicted octanol–water partition coefficient (Wildman–Crippen LogP) is 1.24. The first-order valence-electron chi connectivity index (χ1n) is 7.95. The largest absolute Gasteiger partial charge is 0.481 e. The van der Waals surface area contributed by atoms with E-state index in [4.69, 9.17) is 5.11 Å². The van der Waals surface area contributed by atoms with Crippen LogP contribution in [-0.4, -0.2) is 44.8 Å². The van der Waals surface area contributed by atoms with Gasteiger partial charge in [0.1, 0.15) is 0 Å². The standard InChI is InChI=1S/C16H23N3O3/c1-4-19-10(3)12(9(2)17-19)6-15(20)18-7-11(8-18)13-5-14(13)16(21)22/h11,13-14H,4-8H2,1-3H3,(H,21,22)/t13-,14+/m0/s1. The van der Waals surface area contributed by atoms with Crippen molar-refractivity contribution in [2.45, 2.75) is 40.2 Å². The Morgan fingerprint density at radius 2 is 2.00 bits per heavy atom. The number of aromatic nitrogens is 2. The zero-order valence-electron chi connectivity index (χ0n) is 13.4. The predicted molar refractivity (Wildman–Crippen MR) is 80.4 cm³/mol. The smallest absolute Gasteiger partial charge is 0.306 e. The number of hydrogen-bond donors (Lipinski definition) is 1. The minimum atomic E-state index is -0.687. The van der Waals surface area contributed by atoms with Crippen molar-refractivity contribution in [1.29, 1.82) is 0 Å². The summed E-state index contributed by atoms with van der Waals surface area (Å²) in [5, 5.41) is 13.4. The topological polar surface area (TPSA) is 75.4 Å². The molecule has 1 aromatic heterocycles. The third-order valence-electron chi connectivity index (χ3n) is 5.18. The molecule has 2 aliphatic rings. The van der Waals surface area contributed by atoms with E-state index in [2.05, 4.69) is 5.10 Å². The Labute approximate surface area is 130 Å². The molecule has 6 heteroatoms. The van der Waals surface area contributed by atoms with E-state index in [-0.39, 0.29) is 17.7 Å². The zero-order valence-corrected chi connectivity index (χ0v) is 13.4. The van der Waals surface area contributed by atoms with E-state index in [1.54, 1.807) is 0 Å². The molecule has 1 aliphatic heterocycles. The molecular formula is C16H23N3O3. The number of carboxylic acids is 1. The lowest BCUT2D eigenvalue weighted by atomic mass is 9.92. The summed E-state index contributed by atoms with van der Waals surface area (Å²) in [5.41, 5.74) is 3.03. The number of nitrogens with zero attached hydrogens (tertiary/aromatic N) is 3. The van der Waals surface area contributed by atoms with Crippen LogP contribution in [0.2, 0.25) is 0 Å². The van der Waals surface area contributed by atoms with Crippen LogP contribution in [0.1, 0.15) is 30.3 Å². The second kappa shape index (κ2) is 5.41. The maximum Gasteiger partial charge on any atom is 0.306 e. The van der Waals surface area contributed by atoms with E-state index in [1.165, 1.54) is 0 Å². The first-order valence-corrected chi connectivity index (χ1v) is 7.95. The summed E-state index contributed by atoms with van der Waals surface area (Å²) in [4.78, 5) is 25.1. The number of rotatable bonds is 5. The summed E-state index contributed by atoms with van der Waals surface area (Å²) in [6.45, 7) is 8.24. The number of amides is 1. The molecule has 3 rings (SSSR count). The van der Waals surface area contributed by atoms with Crippen molar-refractivity contribution in [2.24, 2.45) is 17.8 Å². The number of carboxylic acid groups (broad SMARTS) is 1. The van der Waals surface area contributed by atoms with Gasteiger partial charge in [0.15, 0.2) is 0 Å². The van der Waals surface area contributed by atoms with Crippen molar-refractivity contribution >= 4 is 11.9 Å². The first-order chi connectivity index (χ1) is 10.4. The molecule has 0 bridgehead atoms. The number of aliphatic carboxylic acids is 1. The molecule has 1 aliphatic carbocycles. The van der Waals surface area contributed by atoms with E-state index in [9.17, 15) is 9.59 Å². The van der Waals surface area contributed by atoms with Crippen molar-refractivity contribution in [3.05, 3.63) is 17.0 Å². The lowest BCUT2D eigenvalue weighted by molar-refractivity contribution is -0.140. The highest BCUT2D eigenvalue weighted by atomic mass is 16.4. The molecule has 0 unspecified atom stereocenters. The Balaban J connectivity index is 1.54. The normalized spacial score (nSPS) is 24.2. The van der Waals surface area contributed by atoms with Crippen LogP contribution in [0.5, 0.6) is 0 Å². The van der Waals surface area contributed by atoms with Crippen molar-refractivity contribution in [2.75, 3.05) is 13.1 Å². The first kappa shape index (κ1) is 15.1. The van der Waals surface area contributed by atoms with E-state index in [0.29, 0.717) is 25.4 Å². The zero-order chi connectivity index (χ0) is 16.0. The molecule has 0 spiro atoms. The minimum Gasteiger partial charge on any atom is -0.481 e. The molecule has 0 aromatic carbocycles. The van der Waals surface area contributed by atoms with Crippen molar-refractivity contribution in [3.8, 4) is 0 Å². The summed E-state index contributed by atoms with van der Waals surface area (Å²) >= 11 is 0. The second-order valence-corrected chi connectivity index (χ2v) is 6.55. The summed E-state index contributed by atoms with van der Waals surface area (Å²) in [5.74, 6) is -0.0633. The van der Waals surface area contributed by atoms with Gasteiger partial charge in [0, 0.05) is 30.9 Å². The van der Waals surface area contributed by atoms with Gasteiger partial charge in [-0.3, -0.25) is 14.3 Å². The van der Waals surface area contributed by atoms with E-state index in [1.807, 2.05) is 30.4 Å². The van der Waals surface area contributed by atoms with Gasteiger partial charge in [0.05, 0.1) is 18.0 Å². The molecule has 2 heterocycles. The Bertz CT molecular complexity index is 616. The maximum atomic E-state index is 12.4. The van der Waals surface area contributed by atoms with Gasteiger partial charge in [-0.1, -0.05) is 0 Å². The Kier molecular flexibility index (Phi) is 3.70. The van der Waals surface area contributed by atoms with Gasteiger partial charge < -0.3 is 10.0 Å². The van der Waals surface area contributed by atoms with E-state index < -0.39 is 5.97 Å². The van der Waals surface area contributed by atoms with Crippen molar-refractivity contribution in [3.63, 3.8) is 0 Å². The van der Waals surface area contributed by atoms with Crippen LogP contribution in [0.4, 0.5) is 0 Å². The van der Waals surface area contributed by atoms with Crippen LogP contribution < -0.4 is 0 Å². The molecule has 1 saturated carbocycles. The summed E-state index contributed by atoms with van der Waals surface area (Å²) in [6.07, 6.45) is 1.18. The van der Waals surface area contributed by atoms with Gasteiger partial charge in [0.25, 0.3) is 0 Å². The third-order valence-corrected chi connectivity index (χ3v) is 5.18. The highest BCUT2D eigenvalue weighted by molar-refractivity contribution is 5.80. The van der Waals surface area contributed by atoms with Crippen LogP contribution in [0.15, 0.2) is 0 Å². The fourth-order valence-corrected chi connectivity index (χ4v) is 3.57. The number of aryl methyl sites for hydroxylation is 2. The molecule has 120 valence electrons. The van der Waals surface area contributed by atoms with Gasteiger partial charge in [0.2, 0.25) is 5.91 Å². The van der Waals surface area contributed by atoms with Gasteiger partial charge in [-0.15, -0.1) is 0 Å². The molecule has 1 saturated heterocycles. The molecule has 2 fully saturated rings. The van der Waals surface area contributed by atoms with Crippen molar-refractivity contribution in [1.82, 2.24) is 14.7 Å². The highest BCUT2D eigenvalue weighted by Crippen LogP contribution is 2.47. The lowest BCUT2D eigenvalue weighted by Gasteiger charge is -2.40. The number of hydrogen-bond acceptors (Lipinski definition) is 3. The molecule has 1 aromatic rings. The highest BCUT2D eigenvalue weighted by Gasteiger charge is 2.51. The molecule has 1 N–H and O–H groups in total. The Morgan fingerprint density at radius 1 is 1.32 bits per heavy atom. The minimum absolute atomic E-state index is 0.130. The Morgan fingerprint density at radius 3 is 2.50 bits per heavy atom. The van der Waals surface area contributed by atoms with E-state index in [0.717, 1.165) is 29.9 Å². The SMILES string of the molecule is CCn1nc(C)c(CC(=O)N2CC([C@@H]3C[C@H]3C(=O)O)C2)c1C. The third kappa shape index (κ3) is 2.51. The van der Waals surface area contributed by atoms with Gasteiger partial charge in [-0.05, 0) is 39.0 Å². The molecule has 6 nitrogen and oxygen atoms in total. The van der Waals surface area contributed by atoms with Crippen LogP contribution in [0, 0.1) is 31.6 Å². The lowest BCUT2D eigenvalue weighted by Crippen LogP contribution is -2.51.